The van der Waals surface area contributed by atoms with Gasteiger partial charge in [-0.25, -0.2) is 14.8 Å². The maximum Gasteiger partial charge on any atom is 0.339 e. The van der Waals surface area contributed by atoms with Crippen LogP contribution in [0.4, 0.5) is 5.95 Å². The highest BCUT2D eigenvalue weighted by Gasteiger charge is 2.17. The van der Waals surface area contributed by atoms with Crippen LogP contribution in [0.5, 0.6) is 0 Å². The number of benzene rings is 1. The predicted octanol–water partition coefficient (Wildman–Crippen LogP) is 2.31. The van der Waals surface area contributed by atoms with Gasteiger partial charge in [0.15, 0.2) is 0 Å². The molecule has 6 heteroatoms. The third kappa shape index (κ3) is 3.00. The standard InChI is InChI=1S/C13H12ClN3O2/c1-7-11(12(18)19)10(17-13(15)16-7)6-8-2-4-9(14)5-3-8/h2-5H,6H2,1H3,(H,18,19)(H2,15,16,17). The van der Waals surface area contributed by atoms with E-state index in [0.29, 0.717) is 22.8 Å². The Balaban J connectivity index is 2.44. The molecule has 1 heterocycles. The maximum atomic E-state index is 11.3. The lowest BCUT2D eigenvalue weighted by Gasteiger charge is -2.08. The molecule has 0 radical (unpaired) electrons. The van der Waals surface area contributed by atoms with Crippen molar-refractivity contribution in [2.24, 2.45) is 0 Å². The van der Waals surface area contributed by atoms with Gasteiger partial charge in [-0.1, -0.05) is 23.7 Å². The first kappa shape index (κ1) is 13.3. The summed E-state index contributed by atoms with van der Waals surface area (Å²) < 4.78 is 0. The van der Waals surface area contributed by atoms with E-state index in [2.05, 4.69) is 9.97 Å². The first-order valence-electron chi connectivity index (χ1n) is 5.58. The summed E-state index contributed by atoms with van der Waals surface area (Å²) >= 11 is 5.81. The van der Waals surface area contributed by atoms with Gasteiger partial charge in [0.1, 0.15) is 5.56 Å². The van der Waals surface area contributed by atoms with Gasteiger partial charge in [-0.3, -0.25) is 0 Å². The van der Waals surface area contributed by atoms with Crippen molar-refractivity contribution in [1.82, 2.24) is 9.97 Å². The van der Waals surface area contributed by atoms with Crippen molar-refractivity contribution >= 4 is 23.5 Å². The van der Waals surface area contributed by atoms with E-state index in [1.807, 2.05) is 12.1 Å². The monoisotopic (exact) mass is 277 g/mol. The van der Waals surface area contributed by atoms with E-state index in [1.54, 1.807) is 19.1 Å². The number of nitrogens with two attached hydrogens (primary N) is 1. The minimum absolute atomic E-state index is 0.0754. The molecule has 5 nitrogen and oxygen atoms in total. The van der Waals surface area contributed by atoms with Crippen molar-refractivity contribution < 1.29 is 9.90 Å². The highest BCUT2D eigenvalue weighted by Crippen LogP contribution is 2.18. The first-order chi connectivity index (χ1) is 8.97. The average molecular weight is 278 g/mol. The summed E-state index contributed by atoms with van der Waals surface area (Å²) in [7, 11) is 0. The Labute approximate surface area is 115 Å². The molecule has 2 rings (SSSR count). The molecule has 0 fully saturated rings. The van der Waals surface area contributed by atoms with Gasteiger partial charge in [-0.05, 0) is 24.6 Å². The number of carboxylic acid groups (broad SMARTS) is 1. The molecule has 0 unspecified atom stereocenters. The molecule has 1 aromatic heterocycles. The van der Waals surface area contributed by atoms with Gasteiger partial charge in [0, 0.05) is 11.4 Å². The van der Waals surface area contributed by atoms with Crippen molar-refractivity contribution in [3.8, 4) is 0 Å². The van der Waals surface area contributed by atoms with Crippen LogP contribution in [-0.4, -0.2) is 21.0 Å². The number of hydrogen-bond donors (Lipinski definition) is 2. The smallest absolute Gasteiger partial charge is 0.339 e. The van der Waals surface area contributed by atoms with Crippen LogP contribution in [0.1, 0.15) is 27.3 Å². The molecule has 0 bridgehead atoms. The second kappa shape index (κ2) is 5.24. The SMILES string of the molecule is Cc1nc(N)nc(Cc2ccc(Cl)cc2)c1C(=O)O. The number of carbonyl (C=O) groups is 1. The van der Waals surface area contributed by atoms with E-state index >= 15 is 0 Å². The van der Waals surface area contributed by atoms with Crippen molar-refractivity contribution in [3.63, 3.8) is 0 Å². The van der Waals surface area contributed by atoms with E-state index < -0.39 is 5.97 Å². The zero-order valence-electron chi connectivity index (χ0n) is 10.2. The number of rotatable bonds is 3. The summed E-state index contributed by atoms with van der Waals surface area (Å²) in [6, 6.07) is 7.13. The number of aromatic carboxylic acids is 1. The van der Waals surface area contributed by atoms with E-state index in [0.717, 1.165) is 5.56 Å². The molecule has 0 saturated heterocycles. The highest BCUT2D eigenvalue weighted by atomic mass is 35.5. The molecule has 2 aromatic rings. The highest BCUT2D eigenvalue weighted by molar-refractivity contribution is 6.30. The summed E-state index contributed by atoms with van der Waals surface area (Å²) in [6.45, 7) is 1.60. The Hall–Kier alpha value is -2.14. The van der Waals surface area contributed by atoms with Gasteiger partial charge in [0.05, 0.1) is 11.4 Å². The van der Waals surface area contributed by atoms with Gasteiger partial charge in [-0.2, -0.15) is 0 Å². The lowest BCUT2D eigenvalue weighted by Crippen LogP contribution is -2.12. The Morgan fingerprint density at radius 2 is 1.95 bits per heavy atom. The van der Waals surface area contributed by atoms with Crippen molar-refractivity contribution in [2.75, 3.05) is 5.73 Å². The van der Waals surface area contributed by atoms with E-state index in [9.17, 15) is 9.90 Å². The molecule has 19 heavy (non-hydrogen) atoms. The fourth-order valence-corrected chi connectivity index (χ4v) is 1.98. The number of anilines is 1. The summed E-state index contributed by atoms with van der Waals surface area (Å²) in [4.78, 5) is 19.2. The molecule has 0 amide bonds. The van der Waals surface area contributed by atoms with Crippen LogP contribution in [0.2, 0.25) is 5.02 Å². The van der Waals surface area contributed by atoms with Crippen LogP contribution in [0, 0.1) is 6.92 Å². The quantitative estimate of drug-likeness (QED) is 0.898. The van der Waals surface area contributed by atoms with Gasteiger partial charge < -0.3 is 10.8 Å². The third-order valence-electron chi connectivity index (χ3n) is 2.68. The largest absolute Gasteiger partial charge is 0.478 e. The molecular formula is C13H12ClN3O2. The molecule has 98 valence electrons. The Kier molecular flexibility index (Phi) is 3.66. The van der Waals surface area contributed by atoms with Crippen LogP contribution in [0.15, 0.2) is 24.3 Å². The normalized spacial score (nSPS) is 10.4. The van der Waals surface area contributed by atoms with E-state index in [1.165, 1.54) is 0 Å². The zero-order valence-corrected chi connectivity index (χ0v) is 11.0. The summed E-state index contributed by atoms with van der Waals surface area (Å²) in [6.07, 6.45) is 0.367. The van der Waals surface area contributed by atoms with Crippen LogP contribution >= 0.6 is 11.6 Å². The topological polar surface area (TPSA) is 89.1 Å². The van der Waals surface area contributed by atoms with E-state index in [-0.39, 0.29) is 11.5 Å². The Bertz CT molecular complexity index is 627. The van der Waals surface area contributed by atoms with Gasteiger partial charge in [0.25, 0.3) is 0 Å². The van der Waals surface area contributed by atoms with Crippen LogP contribution < -0.4 is 5.73 Å². The lowest BCUT2D eigenvalue weighted by molar-refractivity contribution is 0.0694. The number of nitrogens with zero attached hydrogens (tertiary/aromatic N) is 2. The second-order valence-electron chi connectivity index (χ2n) is 4.10. The number of nitrogen functional groups attached to an aromatic ring is 1. The zero-order chi connectivity index (χ0) is 14.0. The minimum Gasteiger partial charge on any atom is -0.478 e. The molecular weight excluding hydrogens is 266 g/mol. The molecule has 1 aromatic carbocycles. The predicted molar refractivity (Wildman–Crippen MR) is 72.4 cm³/mol. The van der Waals surface area contributed by atoms with E-state index in [4.69, 9.17) is 17.3 Å². The number of aromatic nitrogens is 2. The molecule has 0 atom stereocenters. The number of aryl methyl sites for hydroxylation is 1. The fourth-order valence-electron chi connectivity index (χ4n) is 1.86. The number of halogens is 1. The van der Waals surface area contributed by atoms with Crippen molar-refractivity contribution in [1.29, 1.82) is 0 Å². The Morgan fingerprint density at radius 3 is 2.53 bits per heavy atom. The molecule has 0 aliphatic heterocycles. The molecule has 3 N–H and O–H groups in total. The first-order valence-corrected chi connectivity index (χ1v) is 5.96. The third-order valence-corrected chi connectivity index (χ3v) is 2.93. The summed E-state index contributed by atoms with van der Waals surface area (Å²) in [5.41, 5.74) is 7.35. The van der Waals surface area contributed by atoms with Gasteiger partial charge in [-0.15, -0.1) is 0 Å². The fraction of sp³-hybridized carbons (Fsp3) is 0.154. The maximum absolute atomic E-state index is 11.3. The molecule has 0 spiro atoms. The minimum atomic E-state index is -1.05. The van der Waals surface area contributed by atoms with Gasteiger partial charge in [0.2, 0.25) is 5.95 Å². The second-order valence-corrected chi connectivity index (χ2v) is 4.53. The number of hydrogen-bond acceptors (Lipinski definition) is 4. The number of carboxylic acids is 1. The molecule has 0 saturated carbocycles. The molecule has 0 aliphatic rings. The molecule has 0 aliphatic carbocycles. The summed E-state index contributed by atoms with van der Waals surface area (Å²) in [5.74, 6) is -0.979. The van der Waals surface area contributed by atoms with Crippen LogP contribution in [0.25, 0.3) is 0 Å². The van der Waals surface area contributed by atoms with Crippen molar-refractivity contribution in [3.05, 3.63) is 51.8 Å². The Morgan fingerprint density at radius 1 is 1.32 bits per heavy atom. The lowest BCUT2D eigenvalue weighted by atomic mass is 10.0. The summed E-state index contributed by atoms with van der Waals surface area (Å²) in [5, 5.41) is 9.84. The van der Waals surface area contributed by atoms with Gasteiger partial charge >= 0.3 is 5.97 Å². The van der Waals surface area contributed by atoms with Crippen LogP contribution in [-0.2, 0) is 6.42 Å². The average Bonchev–Trinajstić information content (AvgIpc) is 2.30. The van der Waals surface area contributed by atoms with Crippen LogP contribution in [0.3, 0.4) is 0 Å². The van der Waals surface area contributed by atoms with Crippen molar-refractivity contribution in [2.45, 2.75) is 13.3 Å².